The molecule has 0 bridgehead atoms. The molecule has 76 valence electrons. The number of carbonyl (C=O) groups excluding carboxylic acids is 1. The van der Waals surface area contributed by atoms with Crippen molar-refractivity contribution in [3.8, 4) is 0 Å². The molecule has 0 heterocycles. The van der Waals surface area contributed by atoms with Gasteiger partial charge in [-0.05, 0) is 0 Å². The summed E-state index contributed by atoms with van der Waals surface area (Å²) >= 11 is 1.54. The van der Waals surface area contributed by atoms with Crippen molar-refractivity contribution in [3.05, 3.63) is 12.2 Å². The van der Waals surface area contributed by atoms with Gasteiger partial charge < -0.3 is 15.6 Å². The Hall–Kier alpha value is -0.520. The Morgan fingerprint density at radius 1 is 1.54 bits per heavy atom. The van der Waals surface area contributed by atoms with Crippen molar-refractivity contribution in [2.75, 3.05) is 31.3 Å². The minimum atomic E-state index is -0.366. The Kier molecular flexibility index (Phi) is 9.18. The third-order valence-electron chi connectivity index (χ3n) is 1.10. The molecular formula is C8H15NO3S. The first-order valence-corrected chi connectivity index (χ1v) is 5.18. The van der Waals surface area contributed by atoms with Gasteiger partial charge in [0.25, 0.3) is 0 Å². The molecule has 3 N–H and O–H groups in total. The molecule has 0 rings (SSSR count). The molecule has 0 aliphatic rings. The van der Waals surface area contributed by atoms with E-state index in [0.717, 1.165) is 0 Å². The number of nitrogens with two attached hydrogens (primary N) is 1. The standard InChI is InChI=1S/C8H15NO3S/c9-3-1-2-8(11)12-5-7-13-6-4-10/h1-2,10H,3-7,9H2/b2-1+. The fourth-order valence-corrected chi connectivity index (χ4v) is 1.11. The molecule has 0 saturated carbocycles. The SMILES string of the molecule is NC/C=C/C(=O)OCCSCCO. The molecule has 0 spiro atoms. The van der Waals surface area contributed by atoms with Gasteiger partial charge in [0, 0.05) is 24.1 Å². The second-order valence-electron chi connectivity index (χ2n) is 2.14. The molecule has 0 fully saturated rings. The van der Waals surface area contributed by atoms with Crippen LogP contribution in [0.1, 0.15) is 0 Å². The largest absolute Gasteiger partial charge is 0.462 e. The van der Waals surface area contributed by atoms with Crippen molar-refractivity contribution < 1.29 is 14.6 Å². The van der Waals surface area contributed by atoms with E-state index in [4.69, 9.17) is 15.6 Å². The first-order valence-electron chi connectivity index (χ1n) is 4.03. The number of thioether (sulfide) groups is 1. The Morgan fingerprint density at radius 2 is 2.31 bits per heavy atom. The van der Waals surface area contributed by atoms with E-state index in [2.05, 4.69) is 0 Å². The normalized spacial score (nSPS) is 10.6. The summed E-state index contributed by atoms with van der Waals surface area (Å²) in [7, 11) is 0. The fraction of sp³-hybridized carbons (Fsp3) is 0.625. The van der Waals surface area contributed by atoms with Crippen LogP contribution in [-0.2, 0) is 9.53 Å². The molecule has 0 saturated heterocycles. The molecule has 4 nitrogen and oxygen atoms in total. The number of carbonyl (C=O) groups is 1. The van der Waals surface area contributed by atoms with Crippen LogP contribution in [0.3, 0.4) is 0 Å². The topological polar surface area (TPSA) is 72.6 Å². The molecule has 0 unspecified atom stereocenters. The number of ether oxygens (including phenoxy) is 1. The zero-order valence-corrected chi connectivity index (χ0v) is 8.26. The number of esters is 1. The molecule has 0 aliphatic heterocycles. The zero-order chi connectivity index (χ0) is 9.94. The minimum Gasteiger partial charge on any atom is -0.462 e. The van der Waals surface area contributed by atoms with Gasteiger partial charge in [-0.2, -0.15) is 11.8 Å². The molecule has 13 heavy (non-hydrogen) atoms. The summed E-state index contributed by atoms with van der Waals surface area (Å²) in [5.41, 5.74) is 5.14. The monoisotopic (exact) mass is 205 g/mol. The molecule has 0 aromatic heterocycles. The third-order valence-corrected chi connectivity index (χ3v) is 2.02. The predicted octanol–water partition coefficient (Wildman–Crippen LogP) is -0.230. The van der Waals surface area contributed by atoms with E-state index >= 15 is 0 Å². The van der Waals surface area contributed by atoms with Gasteiger partial charge >= 0.3 is 5.97 Å². The van der Waals surface area contributed by atoms with Gasteiger partial charge in [-0.1, -0.05) is 6.08 Å². The number of aliphatic hydroxyl groups is 1. The quantitative estimate of drug-likeness (QED) is 0.341. The summed E-state index contributed by atoms with van der Waals surface area (Å²) in [4.78, 5) is 10.8. The van der Waals surface area contributed by atoms with Crippen molar-refractivity contribution >= 4 is 17.7 Å². The summed E-state index contributed by atoms with van der Waals surface area (Å²) in [6.45, 7) is 0.873. The third kappa shape index (κ3) is 9.39. The van der Waals surface area contributed by atoms with Crippen LogP contribution in [-0.4, -0.2) is 42.3 Å². The maximum atomic E-state index is 10.8. The second-order valence-corrected chi connectivity index (χ2v) is 3.37. The lowest BCUT2D eigenvalue weighted by Gasteiger charge is -2.00. The number of hydrogen-bond acceptors (Lipinski definition) is 5. The van der Waals surface area contributed by atoms with Crippen LogP contribution >= 0.6 is 11.8 Å². The van der Waals surface area contributed by atoms with Gasteiger partial charge in [-0.3, -0.25) is 0 Å². The Bertz CT molecular complexity index is 161. The van der Waals surface area contributed by atoms with Gasteiger partial charge in [0.1, 0.15) is 6.61 Å². The molecule has 5 heteroatoms. The predicted molar refractivity (Wildman–Crippen MR) is 53.6 cm³/mol. The van der Waals surface area contributed by atoms with Crippen LogP contribution in [0.15, 0.2) is 12.2 Å². The minimum absolute atomic E-state index is 0.158. The van der Waals surface area contributed by atoms with Crippen molar-refractivity contribution in [2.24, 2.45) is 5.73 Å². The first kappa shape index (κ1) is 12.5. The Labute approximate surface area is 82.1 Å². The fourth-order valence-electron chi connectivity index (χ4n) is 0.580. The maximum Gasteiger partial charge on any atom is 0.330 e. The van der Waals surface area contributed by atoms with Crippen LogP contribution in [0, 0.1) is 0 Å². The van der Waals surface area contributed by atoms with Gasteiger partial charge in [0.05, 0.1) is 6.61 Å². The van der Waals surface area contributed by atoms with Crippen LogP contribution in [0.5, 0.6) is 0 Å². The van der Waals surface area contributed by atoms with Gasteiger partial charge in [0.15, 0.2) is 0 Å². The Morgan fingerprint density at radius 3 is 2.92 bits per heavy atom. The van der Waals surface area contributed by atoms with Crippen LogP contribution in [0.4, 0.5) is 0 Å². The molecule has 0 atom stereocenters. The lowest BCUT2D eigenvalue weighted by Crippen LogP contribution is -2.06. The van der Waals surface area contributed by atoms with Gasteiger partial charge in [-0.25, -0.2) is 4.79 Å². The van der Waals surface area contributed by atoms with Crippen molar-refractivity contribution in [2.45, 2.75) is 0 Å². The molecule has 0 aromatic rings. The maximum absolute atomic E-state index is 10.8. The first-order chi connectivity index (χ1) is 6.31. The summed E-state index contributed by atoms with van der Waals surface area (Å²) in [6.07, 6.45) is 2.86. The summed E-state index contributed by atoms with van der Waals surface area (Å²) in [5, 5.41) is 8.44. The highest BCUT2D eigenvalue weighted by Gasteiger charge is 1.95. The average molecular weight is 205 g/mol. The van der Waals surface area contributed by atoms with E-state index in [9.17, 15) is 4.79 Å². The van der Waals surface area contributed by atoms with Crippen molar-refractivity contribution in [1.29, 1.82) is 0 Å². The molecule has 0 amide bonds. The second kappa shape index (κ2) is 9.57. The van der Waals surface area contributed by atoms with E-state index < -0.39 is 0 Å². The number of hydrogen-bond donors (Lipinski definition) is 2. The number of aliphatic hydroxyl groups excluding tert-OH is 1. The van der Waals surface area contributed by atoms with E-state index in [0.29, 0.717) is 24.7 Å². The smallest absolute Gasteiger partial charge is 0.330 e. The van der Waals surface area contributed by atoms with E-state index in [1.165, 1.54) is 6.08 Å². The molecular weight excluding hydrogens is 190 g/mol. The van der Waals surface area contributed by atoms with E-state index in [1.54, 1.807) is 17.8 Å². The highest BCUT2D eigenvalue weighted by Crippen LogP contribution is 1.97. The molecule has 0 aliphatic carbocycles. The van der Waals surface area contributed by atoms with Gasteiger partial charge in [-0.15, -0.1) is 0 Å². The van der Waals surface area contributed by atoms with Gasteiger partial charge in [0.2, 0.25) is 0 Å². The molecule has 0 radical (unpaired) electrons. The summed E-state index contributed by atoms with van der Waals surface area (Å²) in [5.74, 6) is 1.02. The molecule has 0 aromatic carbocycles. The van der Waals surface area contributed by atoms with Crippen LogP contribution in [0.25, 0.3) is 0 Å². The zero-order valence-electron chi connectivity index (χ0n) is 7.44. The van der Waals surface area contributed by atoms with E-state index in [1.807, 2.05) is 0 Å². The summed E-state index contributed by atoms with van der Waals surface area (Å²) < 4.78 is 4.81. The lowest BCUT2D eigenvalue weighted by atomic mass is 10.5. The highest BCUT2D eigenvalue weighted by molar-refractivity contribution is 7.99. The highest BCUT2D eigenvalue weighted by atomic mass is 32.2. The number of rotatable bonds is 7. The van der Waals surface area contributed by atoms with Crippen molar-refractivity contribution in [3.63, 3.8) is 0 Å². The van der Waals surface area contributed by atoms with E-state index in [-0.39, 0.29) is 12.6 Å². The summed E-state index contributed by atoms with van der Waals surface area (Å²) in [6, 6.07) is 0. The average Bonchev–Trinajstić information content (AvgIpc) is 2.14. The van der Waals surface area contributed by atoms with Crippen LogP contribution < -0.4 is 5.73 Å². The van der Waals surface area contributed by atoms with Crippen molar-refractivity contribution in [1.82, 2.24) is 0 Å². The van der Waals surface area contributed by atoms with Crippen LogP contribution in [0.2, 0.25) is 0 Å². The lowest BCUT2D eigenvalue weighted by molar-refractivity contribution is -0.137. The Balaban J connectivity index is 3.22.